The van der Waals surface area contributed by atoms with Crippen LogP contribution in [0.4, 0.5) is 0 Å². The summed E-state index contributed by atoms with van der Waals surface area (Å²) in [5.74, 6) is 0. The second kappa shape index (κ2) is 3.38. The Labute approximate surface area is 64.9 Å². The predicted molar refractivity (Wildman–Crippen MR) is 43.0 cm³/mol. The first kappa shape index (κ1) is 7.30. The van der Waals surface area contributed by atoms with Crippen LogP contribution in [0.2, 0.25) is 0 Å². The summed E-state index contributed by atoms with van der Waals surface area (Å²) in [5.41, 5.74) is 1.30. The first-order valence-electron chi connectivity index (χ1n) is 3.34. The van der Waals surface area contributed by atoms with Crippen LogP contribution in [0.25, 0.3) is 0 Å². The molecule has 10 heavy (non-hydrogen) atoms. The fourth-order valence-corrected chi connectivity index (χ4v) is 1.59. The minimum atomic E-state index is 0.823. The molecule has 0 radical (unpaired) electrons. The van der Waals surface area contributed by atoms with E-state index in [2.05, 4.69) is 18.4 Å². The Kier molecular flexibility index (Phi) is 2.47. The van der Waals surface area contributed by atoms with Crippen molar-refractivity contribution in [2.24, 2.45) is 0 Å². The van der Waals surface area contributed by atoms with E-state index in [9.17, 15) is 0 Å². The SMILES string of the molecule is CCCc1csc(C#N)c1. The van der Waals surface area contributed by atoms with Crippen LogP contribution in [0.5, 0.6) is 0 Å². The maximum atomic E-state index is 8.48. The Balaban J connectivity index is 2.71. The molecule has 0 aliphatic carbocycles. The van der Waals surface area contributed by atoms with Crippen molar-refractivity contribution in [3.05, 3.63) is 21.9 Å². The summed E-state index contributed by atoms with van der Waals surface area (Å²) in [6.45, 7) is 2.14. The lowest BCUT2D eigenvalue weighted by Crippen LogP contribution is -1.74. The van der Waals surface area contributed by atoms with Crippen LogP contribution < -0.4 is 0 Å². The monoisotopic (exact) mass is 151 g/mol. The van der Waals surface area contributed by atoms with Gasteiger partial charge in [-0.1, -0.05) is 13.3 Å². The molecule has 0 saturated heterocycles. The van der Waals surface area contributed by atoms with Crippen LogP contribution in [0.3, 0.4) is 0 Å². The van der Waals surface area contributed by atoms with Crippen molar-refractivity contribution >= 4 is 11.3 Å². The van der Waals surface area contributed by atoms with E-state index in [-0.39, 0.29) is 0 Å². The molecule has 0 N–H and O–H groups in total. The van der Waals surface area contributed by atoms with Crippen molar-refractivity contribution in [3.8, 4) is 6.07 Å². The fraction of sp³-hybridized carbons (Fsp3) is 0.375. The molecule has 1 rings (SSSR count). The molecular weight excluding hydrogens is 142 g/mol. The molecule has 0 bridgehead atoms. The van der Waals surface area contributed by atoms with E-state index in [0.717, 1.165) is 17.7 Å². The molecule has 0 aliphatic rings. The molecule has 1 heterocycles. The fourth-order valence-electron chi connectivity index (χ4n) is 0.854. The minimum Gasteiger partial charge on any atom is -0.192 e. The summed E-state index contributed by atoms with van der Waals surface area (Å²) in [4.78, 5) is 0.823. The molecule has 0 aromatic carbocycles. The number of nitrogens with zero attached hydrogens (tertiary/aromatic N) is 1. The van der Waals surface area contributed by atoms with Gasteiger partial charge in [0.2, 0.25) is 0 Å². The van der Waals surface area contributed by atoms with E-state index in [1.807, 2.05) is 6.07 Å². The van der Waals surface area contributed by atoms with Crippen LogP contribution in [0, 0.1) is 11.3 Å². The van der Waals surface area contributed by atoms with E-state index in [1.165, 1.54) is 16.9 Å². The lowest BCUT2D eigenvalue weighted by Gasteiger charge is -1.86. The normalized spacial score (nSPS) is 9.20. The van der Waals surface area contributed by atoms with Gasteiger partial charge in [0.15, 0.2) is 0 Å². The Bertz CT molecular complexity index is 244. The van der Waals surface area contributed by atoms with Gasteiger partial charge in [-0.3, -0.25) is 0 Å². The highest BCUT2D eigenvalue weighted by Gasteiger charge is 1.95. The van der Waals surface area contributed by atoms with Gasteiger partial charge in [-0.25, -0.2) is 0 Å². The van der Waals surface area contributed by atoms with E-state index >= 15 is 0 Å². The molecule has 1 nitrogen and oxygen atoms in total. The predicted octanol–water partition coefficient (Wildman–Crippen LogP) is 2.57. The third kappa shape index (κ3) is 1.58. The lowest BCUT2D eigenvalue weighted by atomic mass is 10.2. The second-order valence-electron chi connectivity index (χ2n) is 2.18. The highest BCUT2D eigenvalue weighted by atomic mass is 32.1. The van der Waals surface area contributed by atoms with Gasteiger partial charge in [0, 0.05) is 0 Å². The zero-order chi connectivity index (χ0) is 7.40. The summed E-state index contributed by atoms with van der Waals surface area (Å²) in [6, 6.07) is 4.09. The highest BCUT2D eigenvalue weighted by molar-refractivity contribution is 7.10. The zero-order valence-electron chi connectivity index (χ0n) is 5.92. The number of hydrogen-bond acceptors (Lipinski definition) is 2. The zero-order valence-corrected chi connectivity index (χ0v) is 6.74. The Hall–Kier alpha value is -0.810. The number of nitriles is 1. The maximum Gasteiger partial charge on any atom is 0.110 e. The van der Waals surface area contributed by atoms with Gasteiger partial charge in [0.05, 0.1) is 0 Å². The molecular formula is C8H9NS. The number of aryl methyl sites for hydroxylation is 1. The van der Waals surface area contributed by atoms with Crippen LogP contribution in [-0.4, -0.2) is 0 Å². The average Bonchev–Trinajstić information content (AvgIpc) is 2.37. The van der Waals surface area contributed by atoms with E-state index in [0.29, 0.717) is 0 Å². The van der Waals surface area contributed by atoms with Crippen molar-refractivity contribution in [1.29, 1.82) is 5.26 Å². The Morgan fingerprint density at radius 3 is 3.00 bits per heavy atom. The van der Waals surface area contributed by atoms with Crippen LogP contribution in [0.1, 0.15) is 23.8 Å². The van der Waals surface area contributed by atoms with Crippen molar-refractivity contribution in [2.75, 3.05) is 0 Å². The maximum absolute atomic E-state index is 8.48. The number of rotatable bonds is 2. The van der Waals surface area contributed by atoms with Gasteiger partial charge in [0.25, 0.3) is 0 Å². The topological polar surface area (TPSA) is 23.8 Å². The summed E-state index contributed by atoms with van der Waals surface area (Å²) in [5, 5.41) is 10.5. The third-order valence-electron chi connectivity index (χ3n) is 1.30. The van der Waals surface area contributed by atoms with Crippen molar-refractivity contribution < 1.29 is 0 Å². The van der Waals surface area contributed by atoms with Crippen molar-refractivity contribution in [2.45, 2.75) is 19.8 Å². The Morgan fingerprint density at radius 1 is 1.70 bits per heavy atom. The summed E-state index contributed by atoms with van der Waals surface area (Å²) < 4.78 is 0. The first-order chi connectivity index (χ1) is 4.86. The van der Waals surface area contributed by atoms with E-state index in [4.69, 9.17) is 5.26 Å². The minimum absolute atomic E-state index is 0.823. The van der Waals surface area contributed by atoms with Gasteiger partial charge in [-0.05, 0) is 23.4 Å². The van der Waals surface area contributed by atoms with Gasteiger partial charge >= 0.3 is 0 Å². The molecule has 0 saturated carbocycles. The molecule has 0 aliphatic heterocycles. The molecule has 0 amide bonds. The Morgan fingerprint density at radius 2 is 2.50 bits per heavy atom. The van der Waals surface area contributed by atoms with Crippen molar-refractivity contribution in [3.63, 3.8) is 0 Å². The molecule has 1 aromatic heterocycles. The average molecular weight is 151 g/mol. The largest absolute Gasteiger partial charge is 0.192 e. The number of hydrogen-bond donors (Lipinski definition) is 0. The molecule has 0 atom stereocenters. The highest BCUT2D eigenvalue weighted by Crippen LogP contribution is 2.14. The number of thiophene rings is 1. The van der Waals surface area contributed by atoms with Crippen LogP contribution in [-0.2, 0) is 6.42 Å². The molecule has 0 unspecified atom stereocenters. The van der Waals surface area contributed by atoms with Gasteiger partial charge < -0.3 is 0 Å². The molecule has 52 valence electrons. The van der Waals surface area contributed by atoms with Gasteiger partial charge in [0.1, 0.15) is 10.9 Å². The molecule has 1 aromatic rings. The molecule has 0 fully saturated rings. The van der Waals surface area contributed by atoms with E-state index in [1.54, 1.807) is 0 Å². The van der Waals surface area contributed by atoms with Crippen LogP contribution >= 0.6 is 11.3 Å². The van der Waals surface area contributed by atoms with E-state index < -0.39 is 0 Å². The summed E-state index contributed by atoms with van der Waals surface area (Å²) >= 11 is 1.53. The summed E-state index contributed by atoms with van der Waals surface area (Å²) in [7, 11) is 0. The van der Waals surface area contributed by atoms with Crippen molar-refractivity contribution in [1.82, 2.24) is 0 Å². The smallest absolute Gasteiger partial charge is 0.110 e. The van der Waals surface area contributed by atoms with Gasteiger partial charge in [-0.2, -0.15) is 5.26 Å². The van der Waals surface area contributed by atoms with Crippen LogP contribution in [0.15, 0.2) is 11.4 Å². The molecule has 2 heteroatoms. The van der Waals surface area contributed by atoms with Gasteiger partial charge in [-0.15, -0.1) is 11.3 Å². The third-order valence-corrected chi connectivity index (χ3v) is 2.19. The standard InChI is InChI=1S/C8H9NS/c1-2-3-7-4-8(5-9)10-6-7/h4,6H,2-3H2,1H3. The first-order valence-corrected chi connectivity index (χ1v) is 4.22. The summed E-state index contributed by atoms with van der Waals surface area (Å²) in [6.07, 6.45) is 2.25. The lowest BCUT2D eigenvalue weighted by molar-refractivity contribution is 0.926. The molecule has 0 spiro atoms. The second-order valence-corrected chi connectivity index (χ2v) is 3.09. The quantitative estimate of drug-likeness (QED) is 0.637.